The number of hydrogen-bond donors (Lipinski definition) is 0. The summed E-state index contributed by atoms with van der Waals surface area (Å²) in [5.41, 5.74) is 0.929. The number of hydrogen-bond acceptors (Lipinski definition) is 5. The summed E-state index contributed by atoms with van der Waals surface area (Å²) < 4.78 is 15.8. The minimum atomic E-state index is -0.552. The third-order valence-corrected chi connectivity index (χ3v) is 3.30. The van der Waals surface area contributed by atoms with Gasteiger partial charge in [-0.15, -0.1) is 0 Å². The Morgan fingerprint density at radius 3 is 2.42 bits per heavy atom. The highest BCUT2D eigenvalue weighted by Gasteiger charge is 2.24. The molecule has 134 valence electrons. The summed E-state index contributed by atoms with van der Waals surface area (Å²) in [6.45, 7) is 8.88. The van der Waals surface area contributed by atoms with E-state index in [4.69, 9.17) is 14.2 Å². The lowest BCUT2D eigenvalue weighted by Gasteiger charge is -2.16. The van der Waals surface area contributed by atoms with Gasteiger partial charge in [0.25, 0.3) is 0 Å². The summed E-state index contributed by atoms with van der Waals surface area (Å²) >= 11 is 0. The number of ether oxygens (including phenoxy) is 3. The minimum absolute atomic E-state index is 0.0176. The van der Waals surface area contributed by atoms with Gasteiger partial charge in [0.15, 0.2) is 0 Å². The van der Waals surface area contributed by atoms with E-state index in [0.29, 0.717) is 25.6 Å². The van der Waals surface area contributed by atoms with Gasteiger partial charge in [-0.25, -0.2) is 0 Å². The lowest BCUT2D eigenvalue weighted by molar-refractivity contribution is -0.154. The predicted molar refractivity (Wildman–Crippen MR) is 91.9 cm³/mol. The van der Waals surface area contributed by atoms with Crippen LogP contribution in [0.1, 0.15) is 39.7 Å². The molecular formula is C19H28O5. The molecule has 0 bridgehead atoms. The molecule has 0 amide bonds. The molecule has 0 aliphatic heterocycles. The van der Waals surface area contributed by atoms with Crippen molar-refractivity contribution in [1.82, 2.24) is 0 Å². The third kappa shape index (κ3) is 7.49. The zero-order chi connectivity index (χ0) is 17.9. The second kappa shape index (κ2) is 10.7. The molecule has 1 atom stereocenters. The molecule has 0 radical (unpaired) electrons. The molecule has 1 unspecified atom stereocenters. The maximum absolute atomic E-state index is 12.1. The van der Waals surface area contributed by atoms with Crippen LogP contribution in [0.5, 0.6) is 5.75 Å². The molecule has 0 N–H and O–H groups in total. The van der Waals surface area contributed by atoms with E-state index in [1.165, 1.54) is 0 Å². The maximum atomic E-state index is 12.1. The summed E-state index contributed by atoms with van der Waals surface area (Å²) in [7, 11) is 0. The first kappa shape index (κ1) is 20.0. The van der Waals surface area contributed by atoms with Crippen molar-refractivity contribution < 1.29 is 23.8 Å². The van der Waals surface area contributed by atoms with Crippen LogP contribution < -0.4 is 4.74 Å². The molecule has 5 nitrogen and oxygen atoms in total. The highest BCUT2D eigenvalue weighted by Crippen LogP contribution is 2.20. The van der Waals surface area contributed by atoms with E-state index in [1.807, 2.05) is 24.3 Å². The van der Waals surface area contributed by atoms with Crippen molar-refractivity contribution in [2.75, 3.05) is 19.8 Å². The van der Waals surface area contributed by atoms with Gasteiger partial charge < -0.3 is 14.2 Å². The molecule has 0 aliphatic rings. The first-order chi connectivity index (χ1) is 11.5. The molecule has 0 aromatic heterocycles. The Hall–Kier alpha value is -2.04. The van der Waals surface area contributed by atoms with Crippen molar-refractivity contribution in [2.45, 2.75) is 40.5 Å². The Kier molecular flexibility index (Phi) is 8.90. The van der Waals surface area contributed by atoms with Gasteiger partial charge in [-0.05, 0) is 43.9 Å². The number of rotatable bonds is 10. The molecule has 0 aliphatic carbocycles. The zero-order valence-corrected chi connectivity index (χ0v) is 15.0. The average Bonchev–Trinajstić information content (AvgIpc) is 2.53. The Morgan fingerprint density at radius 2 is 1.79 bits per heavy atom. The van der Waals surface area contributed by atoms with E-state index in [-0.39, 0.29) is 25.0 Å². The molecule has 0 saturated heterocycles. The maximum Gasteiger partial charge on any atom is 0.309 e. The van der Waals surface area contributed by atoms with Crippen LogP contribution in [0.15, 0.2) is 24.3 Å². The zero-order valence-electron chi connectivity index (χ0n) is 15.0. The number of carbonyl (C=O) groups is 2. The van der Waals surface area contributed by atoms with Crippen molar-refractivity contribution in [3.8, 4) is 5.75 Å². The molecule has 1 aromatic rings. The summed E-state index contributed by atoms with van der Waals surface area (Å²) in [5, 5.41) is 0. The van der Waals surface area contributed by atoms with Gasteiger partial charge in [0.2, 0.25) is 0 Å². The lowest BCUT2D eigenvalue weighted by atomic mass is 9.96. The number of esters is 2. The van der Waals surface area contributed by atoms with E-state index < -0.39 is 5.92 Å². The van der Waals surface area contributed by atoms with Gasteiger partial charge >= 0.3 is 11.9 Å². The Balaban J connectivity index is 2.79. The normalized spacial score (nSPS) is 11.9. The quantitative estimate of drug-likeness (QED) is 0.613. The fraction of sp³-hybridized carbons (Fsp3) is 0.579. The molecular weight excluding hydrogens is 308 g/mol. The SMILES string of the molecule is CCOC(=O)CC(Cc1cccc(OCC(C)C)c1)C(=O)OCC. The van der Waals surface area contributed by atoms with E-state index in [1.54, 1.807) is 13.8 Å². The molecule has 5 heteroatoms. The molecule has 0 saturated carbocycles. The fourth-order valence-electron chi connectivity index (χ4n) is 2.23. The van der Waals surface area contributed by atoms with Crippen LogP contribution in [-0.4, -0.2) is 31.8 Å². The summed E-state index contributed by atoms with van der Waals surface area (Å²) in [6, 6.07) is 7.59. The van der Waals surface area contributed by atoms with Gasteiger partial charge in [0.05, 0.1) is 32.2 Å². The molecule has 0 heterocycles. The largest absolute Gasteiger partial charge is 0.493 e. The third-order valence-electron chi connectivity index (χ3n) is 3.30. The van der Waals surface area contributed by atoms with Crippen molar-refractivity contribution >= 4 is 11.9 Å². The highest BCUT2D eigenvalue weighted by molar-refractivity contribution is 5.80. The second-order valence-corrected chi connectivity index (χ2v) is 6.01. The van der Waals surface area contributed by atoms with E-state index in [0.717, 1.165) is 11.3 Å². The molecule has 0 spiro atoms. The van der Waals surface area contributed by atoms with Crippen molar-refractivity contribution in [1.29, 1.82) is 0 Å². The Morgan fingerprint density at radius 1 is 1.08 bits per heavy atom. The topological polar surface area (TPSA) is 61.8 Å². The van der Waals surface area contributed by atoms with Gasteiger partial charge in [0, 0.05) is 0 Å². The van der Waals surface area contributed by atoms with Crippen molar-refractivity contribution in [3.05, 3.63) is 29.8 Å². The van der Waals surface area contributed by atoms with Crippen LogP contribution >= 0.6 is 0 Å². The average molecular weight is 336 g/mol. The van der Waals surface area contributed by atoms with Crippen LogP contribution in [-0.2, 0) is 25.5 Å². The number of benzene rings is 1. The molecule has 0 fully saturated rings. The summed E-state index contributed by atoms with van der Waals surface area (Å²) in [5.74, 6) is -0.115. The summed E-state index contributed by atoms with van der Waals surface area (Å²) in [6.07, 6.45) is 0.431. The minimum Gasteiger partial charge on any atom is -0.493 e. The molecule has 24 heavy (non-hydrogen) atoms. The van der Waals surface area contributed by atoms with Crippen LogP contribution in [0.3, 0.4) is 0 Å². The fourth-order valence-corrected chi connectivity index (χ4v) is 2.23. The van der Waals surface area contributed by atoms with E-state index >= 15 is 0 Å². The predicted octanol–water partition coefficient (Wildman–Crippen LogP) is 3.40. The van der Waals surface area contributed by atoms with Crippen LogP contribution in [0, 0.1) is 11.8 Å². The van der Waals surface area contributed by atoms with E-state index in [9.17, 15) is 9.59 Å². The first-order valence-corrected chi connectivity index (χ1v) is 8.50. The van der Waals surface area contributed by atoms with E-state index in [2.05, 4.69) is 13.8 Å². The van der Waals surface area contributed by atoms with Gasteiger partial charge in [0.1, 0.15) is 5.75 Å². The van der Waals surface area contributed by atoms with Crippen LogP contribution in [0.25, 0.3) is 0 Å². The highest BCUT2D eigenvalue weighted by atomic mass is 16.5. The monoisotopic (exact) mass is 336 g/mol. The van der Waals surface area contributed by atoms with Crippen LogP contribution in [0.2, 0.25) is 0 Å². The second-order valence-electron chi connectivity index (χ2n) is 6.01. The van der Waals surface area contributed by atoms with Crippen molar-refractivity contribution in [2.24, 2.45) is 11.8 Å². The standard InChI is InChI=1S/C19H28O5/c1-5-22-18(20)12-16(19(21)23-6-2)10-15-8-7-9-17(11-15)24-13-14(3)4/h7-9,11,14,16H,5-6,10,12-13H2,1-4H3. The Labute approximate surface area is 144 Å². The first-order valence-electron chi connectivity index (χ1n) is 8.50. The summed E-state index contributed by atoms with van der Waals surface area (Å²) in [4.78, 5) is 23.9. The van der Waals surface area contributed by atoms with Gasteiger partial charge in [-0.2, -0.15) is 0 Å². The molecule has 1 aromatic carbocycles. The number of carbonyl (C=O) groups excluding carboxylic acids is 2. The van der Waals surface area contributed by atoms with Gasteiger partial charge in [-0.1, -0.05) is 26.0 Å². The smallest absolute Gasteiger partial charge is 0.309 e. The molecule has 1 rings (SSSR count). The van der Waals surface area contributed by atoms with Crippen LogP contribution in [0.4, 0.5) is 0 Å². The van der Waals surface area contributed by atoms with Gasteiger partial charge in [-0.3, -0.25) is 9.59 Å². The van der Waals surface area contributed by atoms with Crippen molar-refractivity contribution in [3.63, 3.8) is 0 Å². The Bertz CT molecular complexity index is 524. The lowest BCUT2D eigenvalue weighted by Crippen LogP contribution is -2.24.